The molecule has 0 spiro atoms. The Balaban J connectivity index is 5.23. The predicted octanol–water partition coefficient (Wildman–Crippen LogP) is 24.1. The molecule has 0 aliphatic heterocycles. The average Bonchev–Trinajstić information content (AvgIpc) is 0.914. The van der Waals surface area contributed by atoms with Crippen LogP contribution in [0, 0.1) is 17.8 Å². The first-order valence-electron chi connectivity index (χ1n) is 41.9. The fourth-order valence-electron chi connectivity index (χ4n) is 12.5. The molecule has 17 nitrogen and oxygen atoms in total. The van der Waals surface area contributed by atoms with Gasteiger partial charge in [-0.15, -0.1) is 0 Å². The normalized spacial score (nSPS) is 14.2. The van der Waals surface area contributed by atoms with Gasteiger partial charge < -0.3 is 33.8 Å². The summed E-state index contributed by atoms with van der Waals surface area (Å²) in [5.74, 6) is 0.313. The molecule has 0 saturated heterocycles. The summed E-state index contributed by atoms with van der Waals surface area (Å²) >= 11 is 0. The molecule has 0 aliphatic rings. The van der Waals surface area contributed by atoms with E-state index in [1.807, 2.05) is 0 Å². The van der Waals surface area contributed by atoms with Gasteiger partial charge in [0, 0.05) is 25.7 Å². The second kappa shape index (κ2) is 71.3. The molecule has 3 unspecified atom stereocenters. The van der Waals surface area contributed by atoms with Crippen molar-refractivity contribution in [2.24, 2.45) is 17.8 Å². The van der Waals surface area contributed by atoms with Crippen LogP contribution in [0.5, 0.6) is 0 Å². The highest BCUT2D eigenvalue weighted by molar-refractivity contribution is 7.47. The lowest BCUT2D eigenvalue weighted by molar-refractivity contribution is -0.161. The summed E-state index contributed by atoms with van der Waals surface area (Å²) in [5, 5.41) is 10.6. The molecule has 0 aromatic rings. The Hall–Kier alpha value is -1.94. The number of phosphoric acid groups is 2. The molecule has 0 radical (unpaired) electrons. The molecule has 594 valence electrons. The van der Waals surface area contributed by atoms with Gasteiger partial charge in [0.2, 0.25) is 0 Å². The minimum absolute atomic E-state index is 0.106. The van der Waals surface area contributed by atoms with Crippen molar-refractivity contribution in [2.75, 3.05) is 39.6 Å². The topological polar surface area (TPSA) is 237 Å². The van der Waals surface area contributed by atoms with Gasteiger partial charge in [-0.1, -0.05) is 370 Å². The maximum atomic E-state index is 13.1. The van der Waals surface area contributed by atoms with Gasteiger partial charge in [-0.3, -0.25) is 37.3 Å². The summed E-state index contributed by atoms with van der Waals surface area (Å²) in [6.45, 7) is 12.0. The first kappa shape index (κ1) is 98.1. The SMILES string of the molecule is CCCCCCCCCCCC(=O)OC[C@H](COP(=O)(O)OC[C@H](O)COP(=O)(O)OC[C@@H](COC(=O)CCCCCCCCCCCCCCCCC(C)CC)OC(=O)CCCCCCCCCCCCCCCCCCC(C)C)OC(=O)CCCCCCCCCCCCCC(C)C. The molecule has 0 heterocycles. The number of aliphatic hydroxyl groups excluding tert-OH is 1. The van der Waals surface area contributed by atoms with Crippen molar-refractivity contribution in [2.45, 2.75) is 439 Å². The maximum absolute atomic E-state index is 13.1. The summed E-state index contributed by atoms with van der Waals surface area (Å²) in [6, 6.07) is 0. The number of hydrogen-bond acceptors (Lipinski definition) is 15. The average molecular weight is 1470 g/mol. The quantitative estimate of drug-likeness (QED) is 0.0222. The van der Waals surface area contributed by atoms with E-state index in [0.717, 1.165) is 108 Å². The third kappa shape index (κ3) is 73.0. The highest BCUT2D eigenvalue weighted by Crippen LogP contribution is 2.45. The summed E-state index contributed by atoms with van der Waals surface area (Å²) < 4.78 is 68.7. The third-order valence-electron chi connectivity index (χ3n) is 19.2. The molecule has 0 aromatic carbocycles. The summed E-state index contributed by atoms with van der Waals surface area (Å²) in [7, 11) is -9.92. The van der Waals surface area contributed by atoms with E-state index < -0.39 is 97.5 Å². The number of ether oxygens (including phenoxy) is 4. The van der Waals surface area contributed by atoms with E-state index in [2.05, 4.69) is 48.5 Å². The van der Waals surface area contributed by atoms with Gasteiger partial charge >= 0.3 is 39.5 Å². The van der Waals surface area contributed by atoms with Crippen molar-refractivity contribution >= 4 is 39.5 Å². The molecule has 3 N–H and O–H groups in total. The van der Waals surface area contributed by atoms with Crippen molar-refractivity contribution in [1.82, 2.24) is 0 Å². The molecular formula is C81H158O17P2. The Kier molecular flexibility index (Phi) is 69.9. The van der Waals surface area contributed by atoms with E-state index in [1.165, 1.54) is 231 Å². The van der Waals surface area contributed by atoms with Crippen LogP contribution < -0.4 is 0 Å². The molecular weight excluding hydrogens is 1310 g/mol. The van der Waals surface area contributed by atoms with Gasteiger partial charge in [-0.25, -0.2) is 9.13 Å². The standard InChI is InChI=1S/C81H158O17P2/c1-8-10-11-12-13-31-41-48-55-62-78(83)91-68-76(97-81(86)65-58-51-44-37-30-24-26-33-39-46-53-60-73(5)6)70-95-99(87,88)93-66-75(82)67-94-100(89,90)96-71-77(69-92-79(84)63-56-49-42-35-28-22-19-18-21-27-34-40-47-54-61-74(7)9-2)98-80(85)64-57-50-43-36-29-23-17-15-14-16-20-25-32-38-45-52-59-72(3)4/h72-77,82H,8-71H2,1-7H3,(H,87,88)(H,89,90)/t74?,75-,76+,77+/m0/s1. The van der Waals surface area contributed by atoms with Gasteiger partial charge in [-0.05, 0) is 43.4 Å². The number of phosphoric ester groups is 2. The molecule has 6 atom stereocenters. The Morgan fingerprint density at radius 3 is 0.760 bits per heavy atom. The lowest BCUT2D eigenvalue weighted by Gasteiger charge is -2.21. The van der Waals surface area contributed by atoms with Gasteiger partial charge in [-0.2, -0.15) is 0 Å². The van der Waals surface area contributed by atoms with Gasteiger partial charge in [0.05, 0.1) is 26.4 Å². The molecule has 0 aliphatic carbocycles. The molecule has 100 heavy (non-hydrogen) atoms. The highest BCUT2D eigenvalue weighted by atomic mass is 31.2. The summed E-state index contributed by atoms with van der Waals surface area (Å²) in [5.41, 5.74) is 0. The van der Waals surface area contributed by atoms with Crippen LogP contribution in [0.4, 0.5) is 0 Å². The number of carbonyl (C=O) groups is 4. The summed E-state index contributed by atoms with van der Waals surface area (Å²) in [6.07, 6.45) is 59.6. The molecule has 0 amide bonds. The minimum atomic E-state index is -4.96. The van der Waals surface area contributed by atoms with Gasteiger partial charge in [0.1, 0.15) is 19.3 Å². The zero-order chi connectivity index (χ0) is 73.7. The molecule has 0 fully saturated rings. The number of esters is 4. The Bertz CT molecular complexity index is 1940. The predicted molar refractivity (Wildman–Crippen MR) is 409 cm³/mol. The number of carbonyl (C=O) groups excluding carboxylic acids is 4. The molecule has 0 saturated carbocycles. The van der Waals surface area contributed by atoms with Gasteiger partial charge in [0.25, 0.3) is 0 Å². The van der Waals surface area contributed by atoms with Crippen LogP contribution in [-0.2, 0) is 65.4 Å². The smallest absolute Gasteiger partial charge is 0.462 e. The van der Waals surface area contributed by atoms with Crippen LogP contribution in [0.3, 0.4) is 0 Å². The first-order chi connectivity index (χ1) is 48.3. The molecule has 19 heteroatoms. The number of unbranched alkanes of at least 4 members (excludes halogenated alkanes) is 46. The van der Waals surface area contributed by atoms with E-state index in [9.17, 15) is 43.2 Å². The van der Waals surface area contributed by atoms with Crippen molar-refractivity contribution in [3.8, 4) is 0 Å². The van der Waals surface area contributed by atoms with Crippen molar-refractivity contribution < 1.29 is 80.2 Å². The second-order valence-electron chi connectivity index (χ2n) is 30.4. The summed E-state index contributed by atoms with van der Waals surface area (Å²) in [4.78, 5) is 73.0. The van der Waals surface area contributed by atoms with E-state index >= 15 is 0 Å². The van der Waals surface area contributed by atoms with Crippen LogP contribution in [-0.4, -0.2) is 96.7 Å². The largest absolute Gasteiger partial charge is 0.472 e. The van der Waals surface area contributed by atoms with Crippen LogP contribution >= 0.6 is 15.6 Å². The second-order valence-corrected chi connectivity index (χ2v) is 33.3. The fourth-order valence-corrected chi connectivity index (χ4v) is 14.0. The van der Waals surface area contributed by atoms with Crippen molar-refractivity contribution in [3.05, 3.63) is 0 Å². The fraction of sp³-hybridized carbons (Fsp3) is 0.951. The Morgan fingerprint density at radius 1 is 0.290 bits per heavy atom. The first-order valence-corrected chi connectivity index (χ1v) is 44.9. The molecule has 0 rings (SSSR count). The Morgan fingerprint density at radius 2 is 0.510 bits per heavy atom. The lowest BCUT2D eigenvalue weighted by Crippen LogP contribution is -2.30. The van der Waals surface area contributed by atoms with Gasteiger partial charge in [0.15, 0.2) is 12.2 Å². The Labute approximate surface area is 613 Å². The zero-order valence-corrected chi connectivity index (χ0v) is 67.5. The van der Waals surface area contributed by atoms with E-state index in [1.54, 1.807) is 0 Å². The lowest BCUT2D eigenvalue weighted by atomic mass is 9.99. The number of aliphatic hydroxyl groups is 1. The highest BCUT2D eigenvalue weighted by Gasteiger charge is 2.30. The van der Waals surface area contributed by atoms with Crippen LogP contribution in [0.2, 0.25) is 0 Å². The van der Waals surface area contributed by atoms with E-state index in [0.29, 0.717) is 25.7 Å². The van der Waals surface area contributed by atoms with E-state index in [-0.39, 0.29) is 25.7 Å². The number of hydrogen-bond donors (Lipinski definition) is 3. The van der Waals surface area contributed by atoms with Crippen molar-refractivity contribution in [3.63, 3.8) is 0 Å². The zero-order valence-electron chi connectivity index (χ0n) is 65.7. The molecule has 0 aromatic heterocycles. The maximum Gasteiger partial charge on any atom is 0.472 e. The number of rotatable bonds is 79. The minimum Gasteiger partial charge on any atom is -0.462 e. The van der Waals surface area contributed by atoms with Crippen molar-refractivity contribution in [1.29, 1.82) is 0 Å². The van der Waals surface area contributed by atoms with Crippen LogP contribution in [0.15, 0.2) is 0 Å². The monoisotopic (exact) mass is 1470 g/mol. The van der Waals surface area contributed by atoms with E-state index in [4.69, 9.17) is 37.0 Å². The third-order valence-corrected chi connectivity index (χ3v) is 21.1. The van der Waals surface area contributed by atoms with Crippen LogP contribution in [0.1, 0.15) is 421 Å². The molecule has 0 bridgehead atoms. The van der Waals surface area contributed by atoms with Crippen LogP contribution in [0.25, 0.3) is 0 Å².